The van der Waals surface area contributed by atoms with E-state index in [0.717, 1.165) is 11.3 Å². The van der Waals surface area contributed by atoms with E-state index in [4.69, 9.17) is 0 Å². The monoisotopic (exact) mass is 186 g/mol. The van der Waals surface area contributed by atoms with E-state index in [2.05, 4.69) is 48.1 Å². The Bertz CT molecular complexity index is 385. The normalized spacial score (nSPS) is 10.8. The summed E-state index contributed by atoms with van der Waals surface area (Å²) in [5, 5.41) is 0. The molecule has 0 bridgehead atoms. The number of hydrogen-bond donors (Lipinski definition) is 1. The van der Waals surface area contributed by atoms with Gasteiger partial charge >= 0.3 is 0 Å². The van der Waals surface area contributed by atoms with Gasteiger partial charge in [-0.1, -0.05) is 38.1 Å². The summed E-state index contributed by atoms with van der Waals surface area (Å²) >= 11 is 0. The molecule has 0 fully saturated rings. The van der Waals surface area contributed by atoms with Gasteiger partial charge < -0.3 is 4.98 Å². The summed E-state index contributed by atoms with van der Waals surface area (Å²) in [6.45, 7) is 4.40. The Kier molecular flexibility index (Phi) is 2.35. The van der Waals surface area contributed by atoms with Crippen LogP contribution >= 0.6 is 0 Å². The van der Waals surface area contributed by atoms with E-state index in [9.17, 15) is 0 Å². The third kappa shape index (κ3) is 1.69. The van der Waals surface area contributed by atoms with Crippen molar-refractivity contribution in [3.8, 4) is 11.3 Å². The van der Waals surface area contributed by atoms with E-state index in [0.29, 0.717) is 5.92 Å². The molecule has 1 aromatic carbocycles. The van der Waals surface area contributed by atoms with Crippen LogP contribution < -0.4 is 0 Å². The number of H-pyrrole nitrogens is 1. The Balaban J connectivity index is 2.31. The molecule has 14 heavy (non-hydrogen) atoms. The smallest absolute Gasteiger partial charge is 0.0927 e. The molecule has 0 amide bonds. The number of imidazole rings is 1. The second kappa shape index (κ2) is 3.66. The molecular formula is C12H14N2. The maximum atomic E-state index is 4.21. The first-order chi connectivity index (χ1) is 6.77. The molecule has 2 rings (SSSR count). The number of nitrogens with zero attached hydrogens (tertiary/aromatic N) is 1. The summed E-state index contributed by atoms with van der Waals surface area (Å²) in [5.74, 6) is 0.586. The molecule has 2 aromatic rings. The molecule has 1 aromatic heterocycles. The van der Waals surface area contributed by atoms with Crippen LogP contribution in [0.2, 0.25) is 0 Å². The molecule has 1 N–H and O–H groups in total. The lowest BCUT2D eigenvalue weighted by Crippen LogP contribution is -1.86. The summed E-state index contributed by atoms with van der Waals surface area (Å²) < 4.78 is 0. The minimum absolute atomic E-state index is 0.586. The zero-order valence-corrected chi connectivity index (χ0v) is 8.49. The van der Waals surface area contributed by atoms with Gasteiger partial charge in [0.05, 0.1) is 12.0 Å². The summed E-state index contributed by atoms with van der Waals surface area (Å²) in [6, 6.07) is 8.56. The van der Waals surface area contributed by atoms with Crippen LogP contribution in [-0.2, 0) is 0 Å². The Hall–Kier alpha value is -1.57. The summed E-state index contributed by atoms with van der Waals surface area (Å²) in [5.41, 5.74) is 3.53. The van der Waals surface area contributed by atoms with Gasteiger partial charge in [0.25, 0.3) is 0 Å². The van der Waals surface area contributed by atoms with E-state index in [1.807, 2.05) is 6.20 Å². The molecule has 2 nitrogen and oxygen atoms in total. The largest absolute Gasteiger partial charge is 0.351 e. The van der Waals surface area contributed by atoms with E-state index in [1.165, 1.54) is 5.56 Å². The molecule has 0 spiro atoms. The lowest BCUT2D eigenvalue weighted by atomic mass is 10.0. The highest BCUT2D eigenvalue weighted by Crippen LogP contribution is 2.20. The highest BCUT2D eigenvalue weighted by molar-refractivity contribution is 5.58. The Morgan fingerprint density at radius 2 is 1.86 bits per heavy atom. The van der Waals surface area contributed by atoms with Gasteiger partial charge in [-0.2, -0.15) is 0 Å². The van der Waals surface area contributed by atoms with Crippen molar-refractivity contribution in [1.29, 1.82) is 0 Å². The number of rotatable bonds is 2. The van der Waals surface area contributed by atoms with E-state index in [-0.39, 0.29) is 0 Å². The molecule has 0 saturated carbocycles. The quantitative estimate of drug-likeness (QED) is 0.766. The first-order valence-corrected chi connectivity index (χ1v) is 4.86. The molecule has 72 valence electrons. The fourth-order valence-electron chi connectivity index (χ4n) is 1.46. The van der Waals surface area contributed by atoms with Crippen LogP contribution in [0.1, 0.15) is 25.3 Å². The predicted molar refractivity (Wildman–Crippen MR) is 58.1 cm³/mol. The van der Waals surface area contributed by atoms with Crippen LogP contribution in [0.3, 0.4) is 0 Å². The van der Waals surface area contributed by atoms with Gasteiger partial charge in [0, 0.05) is 11.8 Å². The van der Waals surface area contributed by atoms with Crippen molar-refractivity contribution in [3.63, 3.8) is 0 Å². The zero-order valence-electron chi connectivity index (χ0n) is 8.49. The Morgan fingerprint density at radius 3 is 2.36 bits per heavy atom. The Morgan fingerprint density at radius 1 is 1.14 bits per heavy atom. The standard InChI is InChI=1S/C12H14N2/c1-9(2)10-3-5-11(6-4-10)12-7-13-8-14-12/h3-9H,1-2H3,(H,13,14). The van der Waals surface area contributed by atoms with Crippen molar-refractivity contribution in [1.82, 2.24) is 9.97 Å². The van der Waals surface area contributed by atoms with Crippen LogP contribution in [0.15, 0.2) is 36.8 Å². The van der Waals surface area contributed by atoms with Crippen LogP contribution in [-0.4, -0.2) is 9.97 Å². The first kappa shape index (κ1) is 9.00. The van der Waals surface area contributed by atoms with E-state index in [1.54, 1.807) is 6.33 Å². The number of aromatic nitrogens is 2. The fraction of sp³-hybridized carbons (Fsp3) is 0.250. The molecule has 0 atom stereocenters. The highest BCUT2D eigenvalue weighted by atomic mass is 14.9. The number of benzene rings is 1. The van der Waals surface area contributed by atoms with Gasteiger partial charge in [-0.25, -0.2) is 4.98 Å². The van der Waals surface area contributed by atoms with Gasteiger partial charge in [-0.15, -0.1) is 0 Å². The highest BCUT2D eigenvalue weighted by Gasteiger charge is 2.01. The first-order valence-electron chi connectivity index (χ1n) is 4.86. The van der Waals surface area contributed by atoms with Gasteiger partial charge in [-0.3, -0.25) is 0 Å². The number of nitrogens with one attached hydrogen (secondary N) is 1. The maximum absolute atomic E-state index is 4.21. The van der Waals surface area contributed by atoms with Crippen molar-refractivity contribution >= 4 is 0 Å². The summed E-state index contributed by atoms with van der Waals surface area (Å²) in [4.78, 5) is 7.16. The van der Waals surface area contributed by atoms with E-state index < -0.39 is 0 Å². The van der Waals surface area contributed by atoms with Crippen molar-refractivity contribution in [2.45, 2.75) is 19.8 Å². The van der Waals surface area contributed by atoms with Gasteiger partial charge in [0.15, 0.2) is 0 Å². The van der Waals surface area contributed by atoms with Crippen LogP contribution in [0.5, 0.6) is 0 Å². The third-order valence-electron chi connectivity index (χ3n) is 2.37. The molecule has 0 aliphatic carbocycles. The molecule has 0 unspecified atom stereocenters. The lowest BCUT2D eigenvalue weighted by molar-refractivity contribution is 0.867. The maximum Gasteiger partial charge on any atom is 0.0927 e. The van der Waals surface area contributed by atoms with Crippen molar-refractivity contribution in [2.24, 2.45) is 0 Å². The number of aromatic amines is 1. The lowest BCUT2D eigenvalue weighted by Gasteiger charge is -2.05. The minimum Gasteiger partial charge on any atom is -0.351 e. The Labute approximate surface area is 84.0 Å². The van der Waals surface area contributed by atoms with E-state index >= 15 is 0 Å². The van der Waals surface area contributed by atoms with Crippen molar-refractivity contribution in [2.75, 3.05) is 0 Å². The van der Waals surface area contributed by atoms with Crippen molar-refractivity contribution in [3.05, 3.63) is 42.4 Å². The summed E-state index contributed by atoms with van der Waals surface area (Å²) in [6.07, 6.45) is 3.61. The van der Waals surface area contributed by atoms with Crippen LogP contribution in [0.25, 0.3) is 11.3 Å². The minimum atomic E-state index is 0.586. The second-order valence-electron chi connectivity index (χ2n) is 3.73. The second-order valence-corrected chi connectivity index (χ2v) is 3.73. The fourth-order valence-corrected chi connectivity index (χ4v) is 1.46. The molecule has 2 heteroatoms. The average molecular weight is 186 g/mol. The molecule has 0 saturated heterocycles. The topological polar surface area (TPSA) is 28.7 Å². The van der Waals surface area contributed by atoms with Gasteiger partial charge in [0.1, 0.15) is 0 Å². The molecule has 1 heterocycles. The van der Waals surface area contributed by atoms with Crippen LogP contribution in [0.4, 0.5) is 0 Å². The number of hydrogen-bond acceptors (Lipinski definition) is 1. The molecular weight excluding hydrogens is 172 g/mol. The average Bonchev–Trinajstić information content (AvgIpc) is 2.71. The van der Waals surface area contributed by atoms with Crippen molar-refractivity contribution < 1.29 is 0 Å². The third-order valence-corrected chi connectivity index (χ3v) is 2.37. The molecule has 0 aliphatic heterocycles. The predicted octanol–water partition coefficient (Wildman–Crippen LogP) is 3.20. The van der Waals surface area contributed by atoms with Crippen LogP contribution in [0, 0.1) is 0 Å². The molecule has 0 radical (unpaired) electrons. The summed E-state index contributed by atoms with van der Waals surface area (Å²) in [7, 11) is 0. The zero-order chi connectivity index (χ0) is 9.97. The van der Waals surface area contributed by atoms with Gasteiger partial charge in [-0.05, 0) is 11.5 Å². The molecule has 0 aliphatic rings. The SMILES string of the molecule is CC(C)c1ccc(-c2c[nH]cn2)cc1. The van der Waals surface area contributed by atoms with Gasteiger partial charge in [0.2, 0.25) is 0 Å².